The minimum atomic E-state index is -0.295. The maximum atomic E-state index is 11.8. The Hall–Kier alpha value is -3.04. The van der Waals surface area contributed by atoms with Crippen molar-refractivity contribution in [2.75, 3.05) is 11.9 Å². The Bertz CT molecular complexity index is 1110. The molecule has 9 heteroatoms. The van der Waals surface area contributed by atoms with Crippen molar-refractivity contribution in [2.45, 2.75) is 6.92 Å². The minimum absolute atomic E-state index is 0.00937. The van der Waals surface area contributed by atoms with Crippen molar-refractivity contribution < 1.29 is 9.90 Å². The lowest BCUT2D eigenvalue weighted by Gasteiger charge is -2.05. The van der Waals surface area contributed by atoms with Gasteiger partial charge in [0.25, 0.3) is 5.19 Å². The fraction of sp³-hybridized carbons (Fsp3) is 0.111. The van der Waals surface area contributed by atoms with E-state index in [9.17, 15) is 9.90 Å². The number of amides is 2. The van der Waals surface area contributed by atoms with E-state index in [1.165, 1.54) is 22.7 Å². The smallest absolute Gasteiger partial charge is 0.321 e. The van der Waals surface area contributed by atoms with Gasteiger partial charge in [0.2, 0.25) is 0 Å². The van der Waals surface area contributed by atoms with Crippen LogP contribution < -0.4 is 10.6 Å². The van der Waals surface area contributed by atoms with E-state index >= 15 is 0 Å². The van der Waals surface area contributed by atoms with Gasteiger partial charge >= 0.3 is 6.03 Å². The number of aromatic nitrogens is 3. The van der Waals surface area contributed by atoms with Crippen LogP contribution in [0.1, 0.15) is 6.92 Å². The van der Waals surface area contributed by atoms with Gasteiger partial charge in [0.05, 0.1) is 15.9 Å². The highest BCUT2D eigenvalue weighted by molar-refractivity contribution is 7.23. The third-order valence-electron chi connectivity index (χ3n) is 3.81. The van der Waals surface area contributed by atoms with Crippen molar-refractivity contribution in [2.24, 2.45) is 0 Å². The summed E-state index contributed by atoms with van der Waals surface area (Å²) in [6, 6.07) is 7.51. The third kappa shape index (κ3) is 3.60. The fourth-order valence-electron chi connectivity index (χ4n) is 2.67. The quantitative estimate of drug-likeness (QED) is 0.476. The van der Waals surface area contributed by atoms with Crippen molar-refractivity contribution in [3.63, 3.8) is 0 Å². The molecule has 0 atom stereocenters. The van der Waals surface area contributed by atoms with Crippen LogP contribution in [0.4, 0.5) is 9.93 Å². The van der Waals surface area contributed by atoms with Crippen LogP contribution >= 0.6 is 22.7 Å². The van der Waals surface area contributed by atoms with Gasteiger partial charge in [-0.3, -0.25) is 10.3 Å². The molecule has 2 amide bonds. The van der Waals surface area contributed by atoms with Crippen molar-refractivity contribution in [3.8, 4) is 27.6 Å². The molecule has 7 nitrogen and oxygen atoms in total. The molecule has 27 heavy (non-hydrogen) atoms. The van der Waals surface area contributed by atoms with E-state index < -0.39 is 0 Å². The first-order valence-electron chi connectivity index (χ1n) is 8.18. The first kappa shape index (κ1) is 17.4. The highest BCUT2D eigenvalue weighted by Gasteiger charge is 2.16. The van der Waals surface area contributed by atoms with Crippen LogP contribution in [0.15, 0.2) is 42.0 Å². The van der Waals surface area contributed by atoms with Gasteiger partial charge in [0, 0.05) is 35.4 Å². The van der Waals surface area contributed by atoms with Crippen LogP contribution in [0.3, 0.4) is 0 Å². The average Bonchev–Trinajstić information content (AvgIpc) is 3.27. The highest BCUT2D eigenvalue weighted by Crippen LogP contribution is 2.39. The molecule has 1 aromatic carbocycles. The van der Waals surface area contributed by atoms with Crippen molar-refractivity contribution in [1.29, 1.82) is 0 Å². The number of thiazole rings is 2. The number of fused-ring (bicyclic) bond motifs is 1. The molecule has 3 aromatic heterocycles. The number of rotatable bonds is 4. The maximum Gasteiger partial charge on any atom is 0.321 e. The molecule has 0 fully saturated rings. The van der Waals surface area contributed by atoms with E-state index in [4.69, 9.17) is 0 Å². The molecule has 0 radical (unpaired) electrons. The number of hydrogen-bond donors (Lipinski definition) is 3. The van der Waals surface area contributed by atoms with E-state index in [0.717, 1.165) is 26.9 Å². The molecule has 0 unspecified atom stereocenters. The van der Waals surface area contributed by atoms with Crippen molar-refractivity contribution in [1.82, 2.24) is 20.3 Å². The van der Waals surface area contributed by atoms with E-state index in [1.807, 2.05) is 31.2 Å². The molecule has 0 aliphatic heterocycles. The van der Waals surface area contributed by atoms with Crippen LogP contribution in [-0.4, -0.2) is 32.6 Å². The maximum absolute atomic E-state index is 11.8. The topological polar surface area (TPSA) is 100 Å². The molecular weight excluding hydrogens is 382 g/mol. The fourth-order valence-corrected chi connectivity index (χ4v) is 4.18. The number of benzene rings is 1. The summed E-state index contributed by atoms with van der Waals surface area (Å²) >= 11 is 2.54. The van der Waals surface area contributed by atoms with Gasteiger partial charge in [-0.1, -0.05) is 28.7 Å². The molecule has 4 rings (SSSR count). The van der Waals surface area contributed by atoms with Crippen molar-refractivity contribution in [3.05, 3.63) is 42.0 Å². The predicted octanol–water partition coefficient (Wildman–Crippen LogP) is 4.33. The van der Waals surface area contributed by atoms with Crippen LogP contribution in [-0.2, 0) is 0 Å². The first-order valence-corrected chi connectivity index (χ1v) is 9.88. The number of urea groups is 1. The van der Waals surface area contributed by atoms with E-state index in [-0.39, 0.29) is 11.2 Å². The summed E-state index contributed by atoms with van der Waals surface area (Å²) in [6.07, 6.45) is 3.50. The molecular formula is C18H15N5O2S2. The summed E-state index contributed by atoms with van der Waals surface area (Å²) in [4.78, 5) is 24.8. The molecule has 0 aliphatic rings. The largest absolute Gasteiger partial charge is 0.486 e. The third-order valence-corrected chi connectivity index (χ3v) is 5.47. The number of nitrogens with one attached hydrogen (secondary N) is 2. The lowest BCUT2D eigenvalue weighted by molar-refractivity contribution is 0.252. The van der Waals surface area contributed by atoms with Gasteiger partial charge in [0.15, 0.2) is 5.13 Å². The standard InChI is InChI=1S/C18H15N5O2S2/c1-2-20-16(24)23-17-21-13-7-11(10-4-3-5-19-8-10)6-12(15(13)27-17)14-9-26-18(25)22-14/h3-9H,2H2,1H3,(H,22,25)(H2,20,21,23,24). The Morgan fingerprint density at radius 3 is 2.85 bits per heavy atom. The van der Waals surface area contributed by atoms with Crippen LogP contribution in [0.5, 0.6) is 5.19 Å². The summed E-state index contributed by atoms with van der Waals surface area (Å²) in [6.45, 7) is 2.39. The summed E-state index contributed by atoms with van der Waals surface area (Å²) in [7, 11) is 0. The molecule has 0 bridgehead atoms. The Labute approximate surface area is 162 Å². The summed E-state index contributed by atoms with van der Waals surface area (Å²) in [5.74, 6) is 0. The Morgan fingerprint density at radius 1 is 1.26 bits per heavy atom. The van der Waals surface area contributed by atoms with E-state index in [0.29, 0.717) is 17.4 Å². The average molecular weight is 397 g/mol. The van der Waals surface area contributed by atoms with Gasteiger partial charge in [-0.15, -0.1) is 0 Å². The lowest BCUT2D eigenvalue weighted by Crippen LogP contribution is -2.28. The van der Waals surface area contributed by atoms with Gasteiger partial charge in [-0.25, -0.2) is 14.8 Å². The highest BCUT2D eigenvalue weighted by atomic mass is 32.1. The first-order chi connectivity index (χ1) is 13.1. The zero-order valence-electron chi connectivity index (χ0n) is 14.3. The number of nitrogens with zero attached hydrogens (tertiary/aromatic N) is 3. The molecule has 0 aliphatic carbocycles. The SMILES string of the molecule is CCNC(=O)Nc1nc2cc(-c3cccnc3)cc(-c3csc(O)n3)c2s1. The van der Waals surface area contributed by atoms with Gasteiger partial charge in [0.1, 0.15) is 0 Å². The van der Waals surface area contributed by atoms with Crippen LogP contribution in [0, 0.1) is 0 Å². The minimum Gasteiger partial charge on any atom is -0.486 e. The summed E-state index contributed by atoms with van der Waals surface area (Å²) in [5.41, 5.74) is 4.15. The Balaban J connectivity index is 1.86. The Morgan fingerprint density at radius 2 is 2.15 bits per heavy atom. The van der Waals surface area contributed by atoms with Gasteiger partial charge in [-0.05, 0) is 30.7 Å². The Kier molecular flexibility index (Phi) is 4.69. The second kappa shape index (κ2) is 7.29. The zero-order valence-corrected chi connectivity index (χ0v) is 15.9. The van der Waals surface area contributed by atoms with Crippen LogP contribution in [0.25, 0.3) is 32.6 Å². The molecule has 4 aromatic rings. The number of pyridine rings is 1. The molecule has 0 spiro atoms. The molecule has 3 heterocycles. The van der Waals surface area contributed by atoms with Crippen LogP contribution in [0.2, 0.25) is 0 Å². The van der Waals surface area contributed by atoms with E-state index in [2.05, 4.69) is 25.6 Å². The second-order valence-corrected chi connectivity index (χ2v) is 7.47. The monoisotopic (exact) mass is 397 g/mol. The zero-order chi connectivity index (χ0) is 18.8. The molecule has 136 valence electrons. The number of carbonyl (C=O) groups excluding carboxylic acids is 1. The predicted molar refractivity (Wildman–Crippen MR) is 108 cm³/mol. The molecule has 0 saturated carbocycles. The summed E-state index contributed by atoms with van der Waals surface area (Å²) in [5, 5.41) is 17.4. The van der Waals surface area contributed by atoms with Gasteiger partial charge in [-0.2, -0.15) is 0 Å². The number of hydrogen-bond acceptors (Lipinski definition) is 7. The molecule has 0 saturated heterocycles. The number of carbonyl (C=O) groups is 1. The number of aromatic hydroxyl groups is 1. The second-order valence-electron chi connectivity index (χ2n) is 5.63. The number of anilines is 1. The van der Waals surface area contributed by atoms with E-state index in [1.54, 1.807) is 17.8 Å². The molecule has 3 N–H and O–H groups in total. The normalized spacial score (nSPS) is 10.9. The van der Waals surface area contributed by atoms with Gasteiger partial charge < -0.3 is 10.4 Å². The van der Waals surface area contributed by atoms with Crippen molar-refractivity contribution >= 4 is 44.1 Å². The lowest BCUT2D eigenvalue weighted by atomic mass is 10.0. The summed E-state index contributed by atoms with van der Waals surface area (Å²) < 4.78 is 0.889.